The number of hydrogen-bond acceptors (Lipinski definition) is 4. The number of carbonyl (C=O) groups is 1. The molecule has 0 bridgehead atoms. The van der Waals surface area contributed by atoms with Gasteiger partial charge in [0.05, 0.1) is 11.7 Å². The largest absolute Gasteiger partial charge is 0.372 e. The Morgan fingerprint density at radius 1 is 1.09 bits per heavy atom. The van der Waals surface area contributed by atoms with E-state index in [1.54, 1.807) is 18.2 Å². The molecule has 0 spiro atoms. The van der Waals surface area contributed by atoms with Crippen molar-refractivity contribution < 1.29 is 13.2 Å². The lowest BCUT2D eigenvalue weighted by molar-refractivity contribution is -0.126. The number of nitrogens with zero attached hydrogens (tertiary/aromatic N) is 2. The Bertz CT molecular complexity index is 1040. The Balaban J connectivity index is 1.59. The van der Waals surface area contributed by atoms with Crippen molar-refractivity contribution in [2.45, 2.75) is 39.0 Å². The van der Waals surface area contributed by atoms with Gasteiger partial charge in [-0.1, -0.05) is 41.4 Å². The Morgan fingerprint density at radius 3 is 2.33 bits per heavy atom. The Morgan fingerprint density at radius 2 is 1.73 bits per heavy atom. The Hall–Kier alpha value is -1.80. The van der Waals surface area contributed by atoms with Gasteiger partial charge in [0.2, 0.25) is 15.9 Å². The fourth-order valence-corrected chi connectivity index (χ4v) is 6.46. The van der Waals surface area contributed by atoms with Gasteiger partial charge in [-0.3, -0.25) is 4.79 Å². The first-order chi connectivity index (χ1) is 15.7. The van der Waals surface area contributed by atoms with Gasteiger partial charge in [0.15, 0.2) is 0 Å². The van der Waals surface area contributed by atoms with E-state index < -0.39 is 10.0 Å². The molecule has 3 rings (SSSR count). The summed E-state index contributed by atoms with van der Waals surface area (Å²) in [5.41, 5.74) is 2.55. The van der Waals surface area contributed by atoms with Crippen LogP contribution in [0.3, 0.4) is 0 Å². The monoisotopic (exact) mass is 511 g/mol. The summed E-state index contributed by atoms with van der Waals surface area (Å²) in [5.74, 6) is -0.790. The molecule has 0 radical (unpaired) electrons. The molecular weight excluding hydrogens is 481 g/mol. The highest BCUT2D eigenvalue weighted by Gasteiger charge is 2.33. The first kappa shape index (κ1) is 25.8. The minimum absolute atomic E-state index is 0.126. The van der Waals surface area contributed by atoms with Crippen LogP contribution in [0.2, 0.25) is 10.0 Å². The molecule has 6 nitrogen and oxygen atoms in total. The minimum Gasteiger partial charge on any atom is -0.372 e. The Labute approximate surface area is 206 Å². The van der Waals surface area contributed by atoms with Crippen LogP contribution in [0.5, 0.6) is 0 Å². The number of nitrogens with one attached hydrogen (secondary N) is 1. The molecule has 33 heavy (non-hydrogen) atoms. The lowest BCUT2D eigenvalue weighted by Crippen LogP contribution is -2.45. The average molecular weight is 513 g/mol. The van der Waals surface area contributed by atoms with E-state index in [1.807, 2.05) is 12.1 Å². The number of hydrogen-bond donors (Lipinski definition) is 1. The molecule has 2 aromatic carbocycles. The standard InChI is InChI=1S/C24H31Cl2N3O3S/c1-3-28(4-2)20-12-10-18(11-13-20)15-27-24(30)19-7-6-14-29(16-19)33(31,32)17-21-22(25)8-5-9-23(21)26/h5,8-13,19H,3-4,6-7,14-17H2,1-2H3,(H,27,30)/t19-/m1/s1. The smallest absolute Gasteiger partial charge is 0.224 e. The molecule has 0 unspecified atom stereocenters. The summed E-state index contributed by atoms with van der Waals surface area (Å²) >= 11 is 12.3. The maximum Gasteiger partial charge on any atom is 0.224 e. The van der Waals surface area contributed by atoms with Crippen molar-refractivity contribution in [3.8, 4) is 0 Å². The zero-order valence-electron chi connectivity index (χ0n) is 19.1. The lowest BCUT2D eigenvalue weighted by Gasteiger charge is -2.31. The second-order valence-corrected chi connectivity index (χ2v) is 11.0. The van der Waals surface area contributed by atoms with Gasteiger partial charge in [-0.2, -0.15) is 0 Å². The van der Waals surface area contributed by atoms with Gasteiger partial charge in [-0.05, 0) is 56.5 Å². The van der Waals surface area contributed by atoms with E-state index in [2.05, 4.69) is 36.2 Å². The van der Waals surface area contributed by atoms with Crippen LogP contribution in [0.15, 0.2) is 42.5 Å². The number of carbonyl (C=O) groups excluding carboxylic acids is 1. The summed E-state index contributed by atoms with van der Waals surface area (Å²) in [7, 11) is -3.65. The van der Waals surface area contributed by atoms with Crippen LogP contribution in [-0.4, -0.2) is 44.8 Å². The molecular formula is C24H31Cl2N3O3S. The summed E-state index contributed by atoms with van der Waals surface area (Å²) in [4.78, 5) is 15.1. The maximum absolute atomic E-state index is 13.0. The van der Waals surface area contributed by atoms with Gasteiger partial charge >= 0.3 is 0 Å². The van der Waals surface area contributed by atoms with Crippen molar-refractivity contribution in [1.82, 2.24) is 9.62 Å². The molecule has 1 fully saturated rings. The van der Waals surface area contributed by atoms with Crippen molar-refractivity contribution in [2.24, 2.45) is 5.92 Å². The first-order valence-electron chi connectivity index (χ1n) is 11.3. The molecule has 1 saturated heterocycles. The molecule has 0 aromatic heterocycles. The van der Waals surface area contributed by atoms with E-state index >= 15 is 0 Å². The van der Waals surface area contributed by atoms with Crippen molar-refractivity contribution >= 4 is 44.8 Å². The lowest BCUT2D eigenvalue weighted by atomic mass is 9.98. The SMILES string of the molecule is CCN(CC)c1ccc(CNC(=O)[C@@H]2CCCN(S(=O)(=O)Cc3c(Cl)cccc3Cl)C2)cc1. The molecule has 180 valence electrons. The molecule has 2 aromatic rings. The normalized spacial score (nSPS) is 17.0. The number of piperidine rings is 1. The van der Waals surface area contributed by atoms with Crippen LogP contribution in [0.25, 0.3) is 0 Å². The molecule has 1 aliphatic rings. The summed E-state index contributed by atoms with van der Waals surface area (Å²) in [6, 6.07) is 13.1. The summed E-state index contributed by atoms with van der Waals surface area (Å²) in [5, 5.41) is 3.62. The van der Waals surface area contributed by atoms with E-state index in [-0.39, 0.29) is 24.1 Å². The highest BCUT2D eigenvalue weighted by molar-refractivity contribution is 7.88. The number of rotatable bonds is 9. The summed E-state index contributed by atoms with van der Waals surface area (Å²) in [6.45, 7) is 7.09. The third-order valence-electron chi connectivity index (χ3n) is 6.07. The second-order valence-electron chi connectivity index (χ2n) is 8.21. The van der Waals surface area contributed by atoms with Gasteiger partial charge in [0, 0.05) is 54.0 Å². The third kappa shape index (κ3) is 6.63. The minimum atomic E-state index is -3.65. The molecule has 1 amide bonds. The highest BCUT2D eigenvalue weighted by Crippen LogP contribution is 2.29. The molecule has 1 atom stereocenters. The number of halogens is 2. The predicted molar refractivity (Wildman–Crippen MR) is 135 cm³/mol. The van der Waals surface area contributed by atoms with Crippen LogP contribution in [-0.2, 0) is 27.1 Å². The van der Waals surface area contributed by atoms with E-state index in [1.165, 1.54) is 4.31 Å². The van der Waals surface area contributed by atoms with E-state index in [4.69, 9.17) is 23.2 Å². The van der Waals surface area contributed by atoms with Gasteiger partial charge < -0.3 is 10.2 Å². The average Bonchev–Trinajstić information content (AvgIpc) is 2.81. The van der Waals surface area contributed by atoms with Gasteiger partial charge in [-0.15, -0.1) is 0 Å². The molecule has 1 aliphatic heterocycles. The maximum atomic E-state index is 13.0. The quantitative estimate of drug-likeness (QED) is 0.529. The highest BCUT2D eigenvalue weighted by atomic mass is 35.5. The summed E-state index contributed by atoms with van der Waals surface area (Å²) < 4.78 is 27.4. The van der Waals surface area contributed by atoms with E-state index in [9.17, 15) is 13.2 Å². The fraction of sp³-hybridized carbons (Fsp3) is 0.458. The van der Waals surface area contributed by atoms with Crippen molar-refractivity contribution in [2.75, 3.05) is 31.1 Å². The van der Waals surface area contributed by atoms with E-state index in [0.717, 1.165) is 24.3 Å². The fourth-order valence-electron chi connectivity index (χ4n) is 4.10. The van der Waals surface area contributed by atoms with Crippen LogP contribution in [0, 0.1) is 5.92 Å². The zero-order valence-corrected chi connectivity index (χ0v) is 21.4. The van der Waals surface area contributed by atoms with Crippen LogP contribution >= 0.6 is 23.2 Å². The topological polar surface area (TPSA) is 69.7 Å². The zero-order chi connectivity index (χ0) is 24.0. The van der Waals surface area contributed by atoms with Crippen molar-refractivity contribution in [3.63, 3.8) is 0 Å². The van der Waals surface area contributed by atoms with Gasteiger partial charge in [0.25, 0.3) is 0 Å². The Kier molecular flexibility index (Phi) is 9.04. The van der Waals surface area contributed by atoms with Crippen molar-refractivity contribution in [3.05, 3.63) is 63.6 Å². The molecule has 1 heterocycles. The molecule has 9 heteroatoms. The van der Waals surface area contributed by atoms with Gasteiger partial charge in [0.1, 0.15) is 0 Å². The van der Waals surface area contributed by atoms with Crippen LogP contribution < -0.4 is 10.2 Å². The predicted octanol–water partition coefficient (Wildman–Crippen LogP) is 4.70. The van der Waals surface area contributed by atoms with Crippen LogP contribution in [0.4, 0.5) is 5.69 Å². The molecule has 0 saturated carbocycles. The van der Waals surface area contributed by atoms with Crippen LogP contribution in [0.1, 0.15) is 37.8 Å². The first-order valence-corrected chi connectivity index (χ1v) is 13.6. The molecule has 0 aliphatic carbocycles. The summed E-state index contributed by atoms with van der Waals surface area (Å²) in [6.07, 6.45) is 1.29. The number of benzene rings is 2. The number of anilines is 1. The van der Waals surface area contributed by atoms with E-state index in [0.29, 0.717) is 41.5 Å². The van der Waals surface area contributed by atoms with Crippen molar-refractivity contribution in [1.29, 1.82) is 0 Å². The third-order valence-corrected chi connectivity index (χ3v) is 8.55. The number of amides is 1. The van der Waals surface area contributed by atoms with Gasteiger partial charge in [-0.25, -0.2) is 12.7 Å². The second kappa shape index (κ2) is 11.6. The molecule has 1 N–H and O–H groups in total. The number of sulfonamides is 1.